The Morgan fingerprint density at radius 2 is 1.81 bits per heavy atom. The van der Waals surface area contributed by atoms with Crippen LogP contribution in [0.4, 0.5) is 5.69 Å². The molecule has 0 aliphatic carbocycles. The van der Waals surface area contributed by atoms with Crippen LogP contribution in [0, 0.1) is 0 Å². The number of carbonyl (C=O) groups excluding carboxylic acids is 2. The maximum atomic E-state index is 13.8. The molecule has 0 unspecified atom stereocenters. The predicted octanol–water partition coefficient (Wildman–Crippen LogP) is 2.89. The third-order valence-corrected chi connectivity index (χ3v) is 6.71. The number of anilines is 1. The van der Waals surface area contributed by atoms with E-state index >= 15 is 0 Å². The maximum absolute atomic E-state index is 13.8. The largest absolute Gasteiger partial charge is 0.466 e. The molecule has 1 fully saturated rings. The van der Waals surface area contributed by atoms with E-state index in [-0.39, 0.29) is 45.7 Å². The van der Waals surface area contributed by atoms with Crippen LogP contribution in [0.1, 0.15) is 37.3 Å². The Morgan fingerprint density at radius 3 is 2.50 bits per heavy atom. The lowest BCUT2D eigenvalue weighted by molar-refractivity contribution is -0.198. The second kappa shape index (κ2) is 11.5. The molecule has 2 aliphatic heterocycles. The van der Waals surface area contributed by atoms with Crippen molar-refractivity contribution in [3.8, 4) is 0 Å². The molecule has 2 atom stereocenters. The lowest BCUT2D eigenvalue weighted by atomic mass is 9.71. The minimum Gasteiger partial charge on any atom is -0.466 e. The highest BCUT2D eigenvalue weighted by atomic mass is 16.7. The highest BCUT2D eigenvalue weighted by molar-refractivity contribution is 6.07. The standard InChI is InChI=1S/C27H33NO8/c1-3-34-24(30)18-26(35-15-16-36-26)17-23(29)27(13-14-33-19-20-9-5-4-6-10-20)21-11-7-8-12-22(21)28(32-2)25(27)31/h4-12,23,29H,3,13-19H2,1-2H3/t23-,27-/m0/s1. The summed E-state index contributed by atoms with van der Waals surface area (Å²) in [6.45, 7) is 3.05. The molecule has 2 aromatic rings. The summed E-state index contributed by atoms with van der Waals surface area (Å²) >= 11 is 0. The molecule has 194 valence electrons. The number of ether oxygens (including phenoxy) is 4. The topological polar surface area (TPSA) is 104 Å². The van der Waals surface area contributed by atoms with Gasteiger partial charge in [0.1, 0.15) is 5.41 Å². The normalized spacial score (nSPS) is 21.4. The number of aliphatic hydroxyl groups excluding tert-OH is 1. The zero-order chi connectivity index (χ0) is 25.6. The fraction of sp³-hybridized carbons (Fsp3) is 0.481. The molecule has 0 radical (unpaired) electrons. The maximum Gasteiger partial charge on any atom is 0.311 e. The van der Waals surface area contributed by atoms with Crippen LogP contribution in [0.3, 0.4) is 0 Å². The summed E-state index contributed by atoms with van der Waals surface area (Å²) in [6.07, 6.45) is -1.38. The smallest absolute Gasteiger partial charge is 0.311 e. The Kier molecular flexibility index (Phi) is 8.38. The van der Waals surface area contributed by atoms with E-state index in [2.05, 4.69) is 0 Å². The first kappa shape index (κ1) is 26.2. The second-order valence-corrected chi connectivity index (χ2v) is 8.87. The summed E-state index contributed by atoms with van der Waals surface area (Å²) in [5.41, 5.74) is 0.793. The Balaban J connectivity index is 1.61. The fourth-order valence-electron chi connectivity index (χ4n) is 5.03. The molecule has 1 N–H and O–H groups in total. The molecule has 2 aliphatic rings. The second-order valence-electron chi connectivity index (χ2n) is 8.87. The molecule has 1 saturated heterocycles. The van der Waals surface area contributed by atoms with Gasteiger partial charge in [0.15, 0.2) is 5.79 Å². The molecular formula is C27H33NO8. The third-order valence-electron chi connectivity index (χ3n) is 6.71. The Morgan fingerprint density at radius 1 is 1.11 bits per heavy atom. The highest BCUT2D eigenvalue weighted by Crippen LogP contribution is 2.48. The van der Waals surface area contributed by atoms with Crippen LogP contribution in [-0.4, -0.2) is 62.4 Å². The Hall–Kier alpha value is -2.82. The number of esters is 1. The Labute approximate surface area is 210 Å². The van der Waals surface area contributed by atoms with Crippen molar-refractivity contribution in [3.05, 3.63) is 65.7 Å². The van der Waals surface area contributed by atoms with Crippen molar-refractivity contribution < 1.29 is 38.5 Å². The van der Waals surface area contributed by atoms with Crippen molar-refractivity contribution in [2.45, 2.75) is 50.1 Å². The third kappa shape index (κ3) is 5.16. The SMILES string of the molecule is CCOC(=O)CC1(C[C@H](O)[C@@]2(CCOCc3ccccc3)C(=O)N(OC)c3ccccc32)OCCO1. The van der Waals surface area contributed by atoms with Gasteiger partial charge in [-0.05, 0) is 30.5 Å². The van der Waals surface area contributed by atoms with Crippen molar-refractivity contribution >= 4 is 17.6 Å². The molecular weight excluding hydrogens is 466 g/mol. The number of hydrogen-bond acceptors (Lipinski definition) is 8. The van der Waals surface area contributed by atoms with Crippen molar-refractivity contribution in [2.24, 2.45) is 0 Å². The first-order valence-electron chi connectivity index (χ1n) is 12.2. The first-order valence-corrected chi connectivity index (χ1v) is 12.2. The van der Waals surface area contributed by atoms with Crippen molar-refractivity contribution in [1.82, 2.24) is 0 Å². The molecule has 1 amide bonds. The zero-order valence-corrected chi connectivity index (χ0v) is 20.7. The lowest BCUT2D eigenvalue weighted by Crippen LogP contribution is -2.52. The molecule has 2 aromatic carbocycles. The van der Waals surface area contributed by atoms with Crippen LogP contribution >= 0.6 is 0 Å². The molecule has 9 nitrogen and oxygen atoms in total. The van der Waals surface area contributed by atoms with Gasteiger partial charge in [-0.2, -0.15) is 5.06 Å². The zero-order valence-electron chi connectivity index (χ0n) is 20.7. The van der Waals surface area contributed by atoms with E-state index in [0.717, 1.165) is 5.56 Å². The van der Waals surface area contributed by atoms with Crippen LogP contribution in [-0.2, 0) is 45.4 Å². The van der Waals surface area contributed by atoms with Crippen LogP contribution in [0.2, 0.25) is 0 Å². The molecule has 2 heterocycles. The summed E-state index contributed by atoms with van der Waals surface area (Å²) in [6, 6.07) is 16.9. The average molecular weight is 500 g/mol. The van der Waals surface area contributed by atoms with Gasteiger partial charge < -0.3 is 24.1 Å². The summed E-state index contributed by atoms with van der Waals surface area (Å²) in [5, 5.41) is 12.9. The van der Waals surface area contributed by atoms with Crippen LogP contribution in [0.15, 0.2) is 54.6 Å². The van der Waals surface area contributed by atoms with Crippen LogP contribution < -0.4 is 5.06 Å². The van der Waals surface area contributed by atoms with Gasteiger partial charge in [-0.3, -0.25) is 14.4 Å². The van der Waals surface area contributed by atoms with E-state index in [1.54, 1.807) is 25.1 Å². The molecule has 0 bridgehead atoms. The number of amides is 1. The number of fused-ring (bicyclic) bond motifs is 1. The number of para-hydroxylation sites is 1. The van der Waals surface area contributed by atoms with E-state index in [4.69, 9.17) is 23.8 Å². The molecule has 0 saturated carbocycles. The van der Waals surface area contributed by atoms with Gasteiger partial charge in [-0.15, -0.1) is 0 Å². The van der Waals surface area contributed by atoms with Gasteiger partial charge in [0.25, 0.3) is 5.91 Å². The molecule has 36 heavy (non-hydrogen) atoms. The van der Waals surface area contributed by atoms with Gasteiger partial charge in [-0.1, -0.05) is 48.5 Å². The van der Waals surface area contributed by atoms with Gasteiger partial charge in [0.05, 0.1) is 51.7 Å². The van der Waals surface area contributed by atoms with Crippen molar-refractivity contribution in [3.63, 3.8) is 0 Å². The number of nitrogens with zero attached hydrogens (tertiary/aromatic N) is 1. The van der Waals surface area contributed by atoms with E-state index in [1.165, 1.54) is 12.2 Å². The molecule has 9 heteroatoms. The Bertz CT molecular complexity index is 1040. The van der Waals surface area contributed by atoms with E-state index in [1.807, 2.05) is 36.4 Å². The molecule has 4 rings (SSSR count). The van der Waals surface area contributed by atoms with Crippen LogP contribution in [0.25, 0.3) is 0 Å². The lowest BCUT2D eigenvalue weighted by Gasteiger charge is -2.37. The summed E-state index contributed by atoms with van der Waals surface area (Å²) in [4.78, 5) is 31.6. The van der Waals surface area contributed by atoms with Gasteiger partial charge in [0.2, 0.25) is 0 Å². The minimum absolute atomic E-state index is 0.109. The minimum atomic E-state index is -1.39. The van der Waals surface area contributed by atoms with E-state index in [0.29, 0.717) is 17.9 Å². The quantitative estimate of drug-likeness (QED) is 0.351. The van der Waals surface area contributed by atoms with Gasteiger partial charge in [-0.25, -0.2) is 0 Å². The van der Waals surface area contributed by atoms with Crippen molar-refractivity contribution in [1.29, 1.82) is 0 Å². The summed E-state index contributed by atoms with van der Waals surface area (Å²) in [5.74, 6) is -2.30. The van der Waals surface area contributed by atoms with E-state index in [9.17, 15) is 14.7 Å². The number of benzene rings is 2. The number of hydroxylamine groups is 1. The van der Waals surface area contributed by atoms with Gasteiger partial charge >= 0.3 is 5.97 Å². The molecule has 0 spiro atoms. The molecule has 0 aromatic heterocycles. The monoisotopic (exact) mass is 499 g/mol. The number of carbonyl (C=O) groups is 2. The number of hydrogen-bond donors (Lipinski definition) is 1. The predicted molar refractivity (Wildman–Crippen MR) is 130 cm³/mol. The highest BCUT2D eigenvalue weighted by Gasteiger charge is 2.58. The summed E-state index contributed by atoms with van der Waals surface area (Å²) in [7, 11) is 1.41. The van der Waals surface area contributed by atoms with Crippen molar-refractivity contribution in [2.75, 3.05) is 38.6 Å². The first-order chi connectivity index (χ1) is 17.5. The van der Waals surface area contributed by atoms with Crippen LogP contribution in [0.5, 0.6) is 0 Å². The fourth-order valence-corrected chi connectivity index (χ4v) is 5.03. The average Bonchev–Trinajstić information content (AvgIpc) is 3.42. The number of aliphatic hydroxyl groups is 1. The number of rotatable bonds is 12. The summed E-state index contributed by atoms with van der Waals surface area (Å²) < 4.78 is 22.7. The van der Waals surface area contributed by atoms with Gasteiger partial charge in [0, 0.05) is 13.0 Å². The van der Waals surface area contributed by atoms with E-state index < -0.39 is 29.2 Å².